The molecule has 7 heteroatoms. The van der Waals surface area contributed by atoms with Gasteiger partial charge in [-0.25, -0.2) is 14.1 Å². The number of aromatic nitrogens is 3. The molecule has 0 spiro atoms. The van der Waals surface area contributed by atoms with Crippen LogP contribution in [0.15, 0.2) is 48.8 Å². The van der Waals surface area contributed by atoms with E-state index in [2.05, 4.69) is 15.4 Å². The van der Waals surface area contributed by atoms with E-state index in [1.807, 2.05) is 42.5 Å². The Balaban J connectivity index is 1.35. The molecule has 2 aromatic carbocycles. The number of carbonyl (C=O) groups excluding carboxylic acids is 1. The van der Waals surface area contributed by atoms with E-state index in [1.54, 1.807) is 20.8 Å². The molecule has 1 aliphatic rings. The average Bonchev–Trinajstić information content (AvgIpc) is 3.35. The third kappa shape index (κ3) is 6.78. The SMILES string of the molecule is CC(C)(C)C(=O)OCn1cnc(-c2ccc(-c3cccc(CNCCC4CCCCC4)c3F)cc2)n1. The van der Waals surface area contributed by atoms with Gasteiger partial charge < -0.3 is 10.1 Å². The molecule has 0 bridgehead atoms. The van der Waals surface area contributed by atoms with Crippen molar-refractivity contribution in [1.82, 2.24) is 20.1 Å². The Morgan fingerprint density at radius 2 is 1.81 bits per heavy atom. The molecule has 1 saturated carbocycles. The quantitative estimate of drug-likeness (QED) is 0.278. The van der Waals surface area contributed by atoms with Crippen LogP contribution in [0.5, 0.6) is 0 Å². The molecular weight excluding hydrogens is 455 g/mol. The number of carbonyl (C=O) groups is 1. The van der Waals surface area contributed by atoms with Gasteiger partial charge in [-0.3, -0.25) is 4.79 Å². The summed E-state index contributed by atoms with van der Waals surface area (Å²) in [6, 6.07) is 13.1. The van der Waals surface area contributed by atoms with Crippen LogP contribution >= 0.6 is 0 Å². The number of esters is 1. The maximum absolute atomic E-state index is 15.3. The molecule has 3 aromatic rings. The zero-order valence-electron chi connectivity index (χ0n) is 21.6. The van der Waals surface area contributed by atoms with Crippen LogP contribution in [0.25, 0.3) is 22.5 Å². The zero-order valence-corrected chi connectivity index (χ0v) is 21.6. The van der Waals surface area contributed by atoms with Gasteiger partial charge in [0.25, 0.3) is 0 Å². The highest BCUT2D eigenvalue weighted by Gasteiger charge is 2.23. The van der Waals surface area contributed by atoms with Crippen molar-refractivity contribution in [2.24, 2.45) is 11.3 Å². The van der Waals surface area contributed by atoms with Crippen molar-refractivity contribution in [3.05, 3.63) is 60.2 Å². The first-order valence-corrected chi connectivity index (χ1v) is 13.0. The molecular formula is C29H37FN4O2. The molecule has 1 aliphatic carbocycles. The Hall–Kier alpha value is -3.06. The van der Waals surface area contributed by atoms with Gasteiger partial charge in [-0.1, -0.05) is 74.6 Å². The molecule has 6 nitrogen and oxygen atoms in total. The number of ether oxygens (including phenoxy) is 1. The van der Waals surface area contributed by atoms with Crippen molar-refractivity contribution in [3.8, 4) is 22.5 Å². The Labute approximate surface area is 213 Å². The number of hydrogen-bond donors (Lipinski definition) is 1. The van der Waals surface area contributed by atoms with Crippen LogP contribution in [0.2, 0.25) is 0 Å². The van der Waals surface area contributed by atoms with Crippen LogP contribution in [-0.2, 0) is 22.8 Å². The fourth-order valence-electron chi connectivity index (χ4n) is 4.57. The van der Waals surface area contributed by atoms with E-state index in [0.29, 0.717) is 23.5 Å². The molecule has 0 saturated heterocycles. The van der Waals surface area contributed by atoms with Crippen molar-refractivity contribution < 1.29 is 13.9 Å². The Kier molecular flexibility index (Phi) is 8.52. The highest BCUT2D eigenvalue weighted by atomic mass is 19.1. The predicted octanol–water partition coefficient (Wildman–Crippen LogP) is 6.36. The summed E-state index contributed by atoms with van der Waals surface area (Å²) in [5, 5.41) is 7.83. The fraction of sp³-hybridized carbons (Fsp3) is 0.483. The van der Waals surface area contributed by atoms with Gasteiger partial charge in [-0.2, -0.15) is 0 Å². The summed E-state index contributed by atoms with van der Waals surface area (Å²) in [7, 11) is 0. The number of nitrogens with one attached hydrogen (secondary N) is 1. The normalized spacial score (nSPS) is 14.7. The summed E-state index contributed by atoms with van der Waals surface area (Å²) in [4.78, 5) is 16.3. The van der Waals surface area contributed by atoms with E-state index >= 15 is 4.39 Å². The Morgan fingerprint density at radius 3 is 2.53 bits per heavy atom. The predicted molar refractivity (Wildman–Crippen MR) is 139 cm³/mol. The van der Waals surface area contributed by atoms with E-state index in [9.17, 15) is 4.79 Å². The van der Waals surface area contributed by atoms with Gasteiger partial charge in [-0.15, -0.1) is 5.10 Å². The lowest BCUT2D eigenvalue weighted by Gasteiger charge is -2.21. The molecule has 4 rings (SSSR count). The molecule has 0 radical (unpaired) electrons. The van der Waals surface area contributed by atoms with E-state index in [-0.39, 0.29) is 18.5 Å². The lowest BCUT2D eigenvalue weighted by atomic mass is 9.87. The zero-order chi connectivity index (χ0) is 25.5. The van der Waals surface area contributed by atoms with Crippen molar-refractivity contribution in [2.75, 3.05) is 6.54 Å². The summed E-state index contributed by atoms with van der Waals surface area (Å²) in [6.07, 6.45) is 9.45. The lowest BCUT2D eigenvalue weighted by Crippen LogP contribution is -2.24. The Morgan fingerprint density at radius 1 is 1.08 bits per heavy atom. The number of hydrogen-bond acceptors (Lipinski definition) is 5. The number of nitrogens with zero attached hydrogens (tertiary/aromatic N) is 3. The summed E-state index contributed by atoms with van der Waals surface area (Å²) in [5.41, 5.74) is 2.31. The van der Waals surface area contributed by atoms with E-state index < -0.39 is 5.41 Å². The second kappa shape index (κ2) is 11.8. The highest BCUT2D eigenvalue weighted by molar-refractivity contribution is 5.75. The number of benzene rings is 2. The summed E-state index contributed by atoms with van der Waals surface area (Å²) in [5.74, 6) is 0.858. The van der Waals surface area contributed by atoms with Crippen LogP contribution in [0, 0.1) is 17.2 Å². The van der Waals surface area contributed by atoms with Gasteiger partial charge in [0.2, 0.25) is 0 Å². The van der Waals surface area contributed by atoms with Gasteiger partial charge in [0, 0.05) is 23.2 Å². The minimum atomic E-state index is -0.573. The summed E-state index contributed by atoms with van der Waals surface area (Å²) < 4.78 is 22.1. The van der Waals surface area contributed by atoms with Gasteiger partial charge >= 0.3 is 5.97 Å². The van der Waals surface area contributed by atoms with Gasteiger partial charge in [0.1, 0.15) is 12.1 Å². The molecule has 0 amide bonds. The topological polar surface area (TPSA) is 69.0 Å². The number of halogens is 1. The van der Waals surface area contributed by atoms with Crippen LogP contribution in [-0.4, -0.2) is 27.3 Å². The molecule has 1 N–H and O–H groups in total. The summed E-state index contributed by atoms with van der Waals surface area (Å²) in [6.45, 7) is 6.88. The monoisotopic (exact) mass is 492 g/mol. The van der Waals surface area contributed by atoms with Crippen molar-refractivity contribution >= 4 is 5.97 Å². The minimum Gasteiger partial charge on any atom is -0.442 e. The fourth-order valence-corrected chi connectivity index (χ4v) is 4.57. The molecule has 0 unspecified atom stereocenters. The van der Waals surface area contributed by atoms with Gasteiger partial charge in [-0.05, 0) is 45.2 Å². The van der Waals surface area contributed by atoms with Gasteiger partial charge in [0.05, 0.1) is 5.41 Å². The molecule has 1 heterocycles. The van der Waals surface area contributed by atoms with Crippen molar-refractivity contribution in [3.63, 3.8) is 0 Å². The van der Waals surface area contributed by atoms with Crippen molar-refractivity contribution in [2.45, 2.75) is 72.6 Å². The molecule has 192 valence electrons. The third-order valence-electron chi connectivity index (χ3n) is 6.78. The molecule has 0 atom stereocenters. The lowest BCUT2D eigenvalue weighted by molar-refractivity contribution is -0.157. The molecule has 1 aromatic heterocycles. The third-order valence-corrected chi connectivity index (χ3v) is 6.78. The maximum Gasteiger partial charge on any atom is 0.313 e. The van der Waals surface area contributed by atoms with E-state index in [4.69, 9.17) is 4.74 Å². The first-order chi connectivity index (χ1) is 17.3. The first kappa shape index (κ1) is 26.0. The Bertz CT molecular complexity index is 1140. The van der Waals surface area contributed by atoms with Crippen LogP contribution in [0.3, 0.4) is 0 Å². The standard InChI is InChI=1S/C29H37FN4O2/c1-29(2,3)28(35)36-20-34-19-32-27(33-34)23-14-12-22(13-15-23)25-11-7-10-24(26(25)30)18-31-17-16-21-8-5-4-6-9-21/h7,10-15,19,21,31H,4-6,8-9,16-18,20H2,1-3H3. The highest BCUT2D eigenvalue weighted by Crippen LogP contribution is 2.28. The summed E-state index contributed by atoms with van der Waals surface area (Å²) >= 11 is 0. The average molecular weight is 493 g/mol. The largest absolute Gasteiger partial charge is 0.442 e. The van der Waals surface area contributed by atoms with Crippen LogP contribution in [0.1, 0.15) is 64.9 Å². The minimum absolute atomic E-state index is 0.00782. The van der Waals surface area contributed by atoms with E-state index in [0.717, 1.165) is 23.6 Å². The second-order valence-corrected chi connectivity index (χ2v) is 10.7. The molecule has 1 fully saturated rings. The van der Waals surface area contributed by atoms with E-state index in [1.165, 1.54) is 49.5 Å². The first-order valence-electron chi connectivity index (χ1n) is 13.0. The number of rotatable bonds is 9. The molecule has 0 aliphatic heterocycles. The van der Waals surface area contributed by atoms with Crippen LogP contribution in [0.4, 0.5) is 4.39 Å². The van der Waals surface area contributed by atoms with Crippen LogP contribution < -0.4 is 5.32 Å². The van der Waals surface area contributed by atoms with Crippen molar-refractivity contribution in [1.29, 1.82) is 0 Å². The second-order valence-electron chi connectivity index (χ2n) is 10.7. The molecule has 36 heavy (non-hydrogen) atoms. The smallest absolute Gasteiger partial charge is 0.313 e. The van der Waals surface area contributed by atoms with Gasteiger partial charge in [0.15, 0.2) is 12.6 Å². The maximum atomic E-state index is 15.3.